The Labute approximate surface area is 179 Å². The lowest BCUT2D eigenvalue weighted by Crippen LogP contribution is -2.28. The molecule has 0 fully saturated rings. The number of amides is 1. The van der Waals surface area contributed by atoms with Crippen LogP contribution in [0.1, 0.15) is 41.0 Å². The first-order valence-electron chi connectivity index (χ1n) is 9.84. The molecule has 0 aliphatic heterocycles. The van der Waals surface area contributed by atoms with E-state index < -0.39 is 0 Å². The highest BCUT2D eigenvalue weighted by molar-refractivity contribution is 7.13. The molecule has 3 aromatic heterocycles. The fourth-order valence-corrected chi connectivity index (χ4v) is 4.35. The maximum Gasteiger partial charge on any atom is 0.252 e. The third-order valence-electron chi connectivity index (χ3n) is 5.22. The van der Waals surface area contributed by atoms with Gasteiger partial charge in [-0.3, -0.25) is 9.48 Å². The van der Waals surface area contributed by atoms with Gasteiger partial charge in [-0.25, -0.2) is 4.98 Å². The number of nitrogens with zero attached hydrogens (tertiary/aromatic N) is 3. The molecule has 1 N–H and O–H groups in total. The average Bonchev–Trinajstić information content (AvgIpc) is 3.40. The Morgan fingerprint density at radius 2 is 2.03 bits per heavy atom. The standard InChI is InChI=1S/C23H24N4O2S/c1-5-18(15-8-10-16(29-4)11-9-15)25-23(28)17-13-19(20-7-6-12-30-20)24-22-21(17)14(2)26-27(22)3/h6-13,18H,5H2,1-4H3,(H,25,28)/t18-/m0/s1. The SMILES string of the molecule is CC[C@H](NC(=O)c1cc(-c2cccs2)nc2c1c(C)nn2C)c1ccc(OC)cc1. The number of thiophene rings is 1. The van der Waals surface area contributed by atoms with Gasteiger partial charge in [-0.1, -0.05) is 25.1 Å². The summed E-state index contributed by atoms with van der Waals surface area (Å²) in [6.07, 6.45) is 0.774. The Morgan fingerprint density at radius 3 is 2.67 bits per heavy atom. The van der Waals surface area contributed by atoms with Crippen molar-refractivity contribution in [3.05, 3.63) is 64.7 Å². The van der Waals surface area contributed by atoms with Crippen LogP contribution in [-0.2, 0) is 7.05 Å². The zero-order valence-electron chi connectivity index (χ0n) is 17.5. The van der Waals surface area contributed by atoms with E-state index in [1.165, 1.54) is 0 Å². The van der Waals surface area contributed by atoms with E-state index >= 15 is 0 Å². The summed E-state index contributed by atoms with van der Waals surface area (Å²) in [5.41, 5.74) is 3.92. The predicted octanol–water partition coefficient (Wildman–Crippen LogP) is 4.89. The van der Waals surface area contributed by atoms with Crippen LogP contribution in [0, 0.1) is 6.92 Å². The molecule has 1 amide bonds. The van der Waals surface area contributed by atoms with Crippen LogP contribution in [0.2, 0.25) is 0 Å². The summed E-state index contributed by atoms with van der Waals surface area (Å²) in [6.45, 7) is 3.97. The molecule has 154 valence electrons. The summed E-state index contributed by atoms with van der Waals surface area (Å²) in [5, 5.41) is 10.5. The molecule has 0 aliphatic carbocycles. The maximum absolute atomic E-state index is 13.4. The second-order valence-electron chi connectivity index (χ2n) is 7.15. The van der Waals surface area contributed by atoms with Crippen molar-refractivity contribution in [1.82, 2.24) is 20.1 Å². The Hall–Kier alpha value is -3.19. The Kier molecular flexibility index (Phi) is 5.55. The van der Waals surface area contributed by atoms with Gasteiger partial charge in [0.1, 0.15) is 5.75 Å². The molecule has 0 unspecified atom stereocenters. The number of nitrogens with one attached hydrogen (secondary N) is 1. The molecule has 3 heterocycles. The van der Waals surface area contributed by atoms with Gasteiger partial charge in [0.25, 0.3) is 5.91 Å². The monoisotopic (exact) mass is 420 g/mol. The number of carbonyl (C=O) groups excluding carboxylic acids is 1. The first-order chi connectivity index (χ1) is 14.5. The van der Waals surface area contributed by atoms with Gasteiger partial charge in [-0.05, 0) is 48.6 Å². The number of ether oxygens (including phenoxy) is 1. The summed E-state index contributed by atoms with van der Waals surface area (Å²) in [5.74, 6) is 0.668. The van der Waals surface area contributed by atoms with Crippen LogP contribution in [0.4, 0.5) is 0 Å². The molecule has 4 aromatic rings. The highest BCUT2D eigenvalue weighted by Gasteiger charge is 2.22. The fraction of sp³-hybridized carbons (Fsp3) is 0.261. The third kappa shape index (κ3) is 3.68. The predicted molar refractivity (Wildman–Crippen MR) is 120 cm³/mol. The summed E-state index contributed by atoms with van der Waals surface area (Å²) in [6, 6.07) is 13.6. The Balaban J connectivity index is 1.74. The average molecular weight is 421 g/mol. The largest absolute Gasteiger partial charge is 0.497 e. The number of carbonyl (C=O) groups is 1. The highest BCUT2D eigenvalue weighted by Crippen LogP contribution is 2.30. The molecule has 1 aromatic carbocycles. The quantitative estimate of drug-likeness (QED) is 0.482. The number of hydrogen-bond donors (Lipinski definition) is 1. The second-order valence-corrected chi connectivity index (χ2v) is 8.10. The van der Waals surface area contributed by atoms with E-state index in [-0.39, 0.29) is 11.9 Å². The van der Waals surface area contributed by atoms with E-state index in [9.17, 15) is 4.79 Å². The first kappa shape index (κ1) is 20.1. The van der Waals surface area contributed by atoms with Crippen molar-refractivity contribution < 1.29 is 9.53 Å². The fourth-order valence-electron chi connectivity index (χ4n) is 3.67. The topological polar surface area (TPSA) is 69.0 Å². The third-order valence-corrected chi connectivity index (χ3v) is 6.11. The maximum atomic E-state index is 13.4. The number of fused-ring (bicyclic) bond motifs is 1. The minimum absolute atomic E-state index is 0.103. The first-order valence-corrected chi connectivity index (χ1v) is 10.7. The van der Waals surface area contributed by atoms with Crippen LogP contribution in [0.25, 0.3) is 21.6 Å². The molecule has 0 aliphatic rings. The minimum Gasteiger partial charge on any atom is -0.497 e. The van der Waals surface area contributed by atoms with Crippen molar-refractivity contribution in [2.75, 3.05) is 7.11 Å². The number of methoxy groups -OCH3 is 1. The number of hydrogen-bond acceptors (Lipinski definition) is 5. The van der Waals surface area contributed by atoms with Crippen molar-refractivity contribution in [2.24, 2.45) is 7.05 Å². The Bertz CT molecular complexity index is 1180. The molecular formula is C23H24N4O2S. The van der Waals surface area contributed by atoms with Gasteiger partial charge < -0.3 is 10.1 Å². The van der Waals surface area contributed by atoms with Crippen molar-refractivity contribution >= 4 is 28.3 Å². The lowest BCUT2D eigenvalue weighted by Gasteiger charge is -2.18. The normalized spacial score (nSPS) is 12.1. The van der Waals surface area contributed by atoms with Gasteiger partial charge in [-0.2, -0.15) is 5.10 Å². The molecule has 0 bridgehead atoms. The molecule has 30 heavy (non-hydrogen) atoms. The number of pyridine rings is 1. The highest BCUT2D eigenvalue weighted by atomic mass is 32.1. The second kappa shape index (κ2) is 8.28. The van der Waals surface area contributed by atoms with Crippen LogP contribution < -0.4 is 10.1 Å². The van der Waals surface area contributed by atoms with Gasteiger partial charge in [0.05, 0.1) is 40.4 Å². The van der Waals surface area contributed by atoms with Gasteiger partial charge >= 0.3 is 0 Å². The van der Waals surface area contributed by atoms with E-state index in [0.717, 1.165) is 39.4 Å². The number of benzene rings is 1. The molecule has 0 spiro atoms. The molecule has 1 atom stereocenters. The number of rotatable bonds is 6. The summed E-state index contributed by atoms with van der Waals surface area (Å²) < 4.78 is 6.98. The zero-order valence-corrected chi connectivity index (χ0v) is 18.3. The molecule has 0 saturated heterocycles. The van der Waals surface area contributed by atoms with Crippen molar-refractivity contribution in [2.45, 2.75) is 26.3 Å². The van der Waals surface area contributed by atoms with Crippen LogP contribution >= 0.6 is 11.3 Å². The summed E-state index contributed by atoms with van der Waals surface area (Å²) in [4.78, 5) is 19.2. The van der Waals surface area contributed by atoms with E-state index in [1.807, 2.05) is 61.8 Å². The van der Waals surface area contributed by atoms with Gasteiger partial charge in [-0.15, -0.1) is 11.3 Å². The molecule has 4 rings (SSSR count). The zero-order chi connectivity index (χ0) is 21.3. The molecule has 0 radical (unpaired) electrons. The Morgan fingerprint density at radius 1 is 1.27 bits per heavy atom. The molecular weight excluding hydrogens is 396 g/mol. The molecule has 7 heteroatoms. The summed E-state index contributed by atoms with van der Waals surface area (Å²) >= 11 is 1.60. The number of aromatic nitrogens is 3. The molecule has 6 nitrogen and oxygen atoms in total. The van der Waals surface area contributed by atoms with Crippen molar-refractivity contribution in [3.8, 4) is 16.3 Å². The minimum atomic E-state index is -0.126. The lowest BCUT2D eigenvalue weighted by molar-refractivity contribution is 0.0937. The van der Waals surface area contributed by atoms with Crippen LogP contribution in [0.5, 0.6) is 5.75 Å². The van der Waals surface area contributed by atoms with E-state index in [2.05, 4.69) is 17.3 Å². The molecule has 0 saturated carbocycles. The van der Waals surface area contributed by atoms with Gasteiger partial charge in [0, 0.05) is 7.05 Å². The van der Waals surface area contributed by atoms with E-state index in [1.54, 1.807) is 23.1 Å². The van der Waals surface area contributed by atoms with Crippen LogP contribution in [0.3, 0.4) is 0 Å². The number of aryl methyl sites for hydroxylation is 2. The lowest BCUT2D eigenvalue weighted by atomic mass is 10.0. The van der Waals surface area contributed by atoms with E-state index in [0.29, 0.717) is 11.2 Å². The van der Waals surface area contributed by atoms with Crippen LogP contribution in [0.15, 0.2) is 47.8 Å². The smallest absolute Gasteiger partial charge is 0.252 e. The van der Waals surface area contributed by atoms with Crippen LogP contribution in [-0.4, -0.2) is 27.8 Å². The van der Waals surface area contributed by atoms with E-state index in [4.69, 9.17) is 9.72 Å². The van der Waals surface area contributed by atoms with Crippen molar-refractivity contribution in [3.63, 3.8) is 0 Å². The van der Waals surface area contributed by atoms with Crippen molar-refractivity contribution in [1.29, 1.82) is 0 Å². The van der Waals surface area contributed by atoms with Gasteiger partial charge in [0.2, 0.25) is 0 Å². The van der Waals surface area contributed by atoms with Gasteiger partial charge in [0.15, 0.2) is 5.65 Å². The summed E-state index contributed by atoms with van der Waals surface area (Å²) in [7, 11) is 3.50.